The second-order valence-electron chi connectivity index (χ2n) is 9.27. The van der Waals surface area contributed by atoms with Crippen molar-refractivity contribution in [2.75, 3.05) is 26.7 Å². The molecule has 0 spiro atoms. The van der Waals surface area contributed by atoms with E-state index in [-0.39, 0.29) is 17.6 Å². The molecule has 1 aliphatic heterocycles. The van der Waals surface area contributed by atoms with E-state index in [0.717, 1.165) is 42.6 Å². The van der Waals surface area contributed by atoms with Gasteiger partial charge in [0.2, 0.25) is 11.8 Å². The maximum Gasteiger partial charge on any atom is 0.251 e. The molecule has 9 nitrogen and oxygen atoms in total. The van der Waals surface area contributed by atoms with Crippen LogP contribution in [0.15, 0.2) is 54.7 Å². The van der Waals surface area contributed by atoms with Crippen LogP contribution in [0.1, 0.15) is 30.1 Å². The molecule has 37 heavy (non-hydrogen) atoms. The van der Waals surface area contributed by atoms with E-state index >= 15 is 0 Å². The topological polar surface area (TPSA) is 120 Å². The Balaban J connectivity index is 1.33. The fourth-order valence-corrected chi connectivity index (χ4v) is 4.73. The van der Waals surface area contributed by atoms with Gasteiger partial charge in [-0.25, -0.2) is 9.97 Å². The number of aromatic hydroxyl groups is 1. The molecule has 2 amide bonds. The number of piperidine rings is 1. The number of carbonyl (C=O) groups is 2. The number of nitrogens with one attached hydrogen (secondary N) is 2. The van der Waals surface area contributed by atoms with Crippen LogP contribution in [0.5, 0.6) is 11.6 Å². The minimum atomic E-state index is -0.158. The average molecular weight is 500 g/mol. The van der Waals surface area contributed by atoms with E-state index in [1.807, 2.05) is 29.2 Å². The van der Waals surface area contributed by atoms with Gasteiger partial charge in [0.25, 0.3) is 5.91 Å². The highest BCUT2D eigenvalue weighted by molar-refractivity contribution is 5.97. The molecule has 0 aliphatic carbocycles. The Morgan fingerprint density at radius 2 is 1.95 bits per heavy atom. The van der Waals surface area contributed by atoms with E-state index < -0.39 is 0 Å². The Hall–Kier alpha value is -4.40. The van der Waals surface area contributed by atoms with Crippen molar-refractivity contribution < 1.29 is 19.4 Å². The number of aromatic amines is 1. The predicted octanol–water partition coefficient (Wildman–Crippen LogP) is 3.99. The largest absolute Gasteiger partial charge is 0.507 e. The highest BCUT2D eigenvalue weighted by atomic mass is 16.5. The number of fused-ring (bicyclic) bond motifs is 1. The quantitative estimate of drug-likeness (QED) is 0.369. The van der Waals surface area contributed by atoms with Crippen LogP contribution >= 0.6 is 0 Å². The number of methoxy groups -OCH3 is 1. The number of nitrogens with zero attached hydrogens (tertiary/aromatic N) is 3. The third kappa shape index (κ3) is 5.11. The number of aromatic nitrogens is 3. The van der Waals surface area contributed by atoms with Crippen molar-refractivity contribution >= 4 is 22.8 Å². The van der Waals surface area contributed by atoms with Gasteiger partial charge in [0, 0.05) is 43.9 Å². The van der Waals surface area contributed by atoms with Gasteiger partial charge in [-0.05, 0) is 66.8 Å². The first-order valence-corrected chi connectivity index (χ1v) is 12.3. The molecule has 2 aromatic heterocycles. The first-order valence-electron chi connectivity index (χ1n) is 12.3. The number of phenolic OH excluding ortho intramolecular Hbond substituents is 1. The SMILES string of the molecule is COc1ncccc1-c1ccc(O)c(-c2nc3cc(C(=O)NCC4CCN(C(C)=O)CC4)ccc3[nH]2)c1. The van der Waals surface area contributed by atoms with Gasteiger partial charge in [-0.3, -0.25) is 9.59 Å². The first-order chi connectivity index (χ1) is 17.9. The smallest absolute Gasteiger partial charge is 0.251 e. The number of likely N-dealkylation sites (tertiary alicyclic amines) is 1. The number of H-pyrrole nitrogens is 1. The summed E-state index contributed by atoms with van der Waals surface area (Å²) in [5.41, 5.74) is 4.06. The van der Waals surface area contributed by atoms with Gasteiger partial charge < -0.3 is 25.0 Å². The first kappa shape index (κ1) is 24.3. The van der Waals surface area contributed by atoms with Crippen molar-refractivity contribution in [2.45, 2.75) is 19.8 Å². The number of rotatable bonds is 6. The molecular formula is C28H29N5O4. The van der Waals surface area contributed by atoms with Crippen molar-refractivity contribution in [3.05, 3.63) is 60.3 Å². The van der Waals surface area contributed by atoms with Gasteiger partial charge in [0.1, 0.15) is 11.6 Å². The number of carbonyl (C=O) groups excluding carboxylic acids is 2. The zero-order valence-corrected chi connectivity index (χ0v) is 20.8. The molecule has 3 heterocycles. The maximum atomic E-state index is 12.8. The van der Waals surface area contributed by atoms with Crippen LogP contribution in [-0.4, -0.2) is 63.5 Å². The van der Waals surface area contributed by atoms with Crippen LogP contribution in [0.3, 0.4) is 0 Å². The van der Waals surface area contributed by atoms with Crippen LogP contribution in [0.2, 0.25) is 0 Å². The van der Waals surface area contributed by atoms with Gasteiger partial charge in [-0.15, -0.1) is 0 Å². The van der Waals surface area contributed by atoms with Crippen LogP contribution in [0.4, 0.5) is 0 Å². The van der Waals surface area contributed by atoms with E-state index in [1.165, 1.54) is 0 Å². The third-order valence-electron chi connectivity index (χ3n) is 6.88. The van der Waals surface area contributed by atoms with E-state index in [9.17, 15) is 14.7 Å². The molecule has 0 unspecified atom stereocenters. The highest BCUT2D eigenvalue weighted by Gasteiger charge is 2.21. The van der Waals surface area contributed by atoms with Crippen LogP contribution in [0, 0.1) is 5.92 Å². The lowest BCUT2D eigenvalue weighted by molar-refractivity contribution is -0.130. The van der Waals surface area contributed by atoms with E-state index in [0.29, 0.717) is 40.8 Å². The summed E-state index contributed by atoms with van der Waals surface area (Å²) in [5.74, 6) is 1.36. The number of ether oxygens (including phenoxy) is 1. The van der Waals surface area contributed by atoms with Gasteiger partial charge in [0.15, 0.2) is 0 Å². The zero-order chi connectivity index (χ0) is 25.9. The minimum Gasteiger partial charge on any atom is -0.507 e. The Bertz CT molecular complexity index is 1460. The second-order valence-corrected chi connectivity index (χ2v) is 9.27. The molecule has 2 aromatic carbocycles. The summed E-state index contributed by atoms with van der Waals surface area (Å²) in [4.78, 5) is 38.3. The van der Waals surface area contributed by atoms with Gasteiger partial charge in [-0.1, -0.05) is 6.07 Å². The molecule has 3 N–H and O–H groups in total. The van der Waals surface area contributed by atoms with Gasteiger partial charge >= 0.3 is 0 Å². The van der Waals surface area contributed by atoms with Crippen molar-refractivity contribution in [2.24, 2.45) is 5.92 Å². The van der Waals surface area contributed by atoms with Crippen LogP contribution < -0.4 is 10.1 Å². The number of hydrogen-bond donors (Lipinski definition) is 3. The van der Waals surface area contributed by atoms with Crippen LogP contribution in [-0.2, 0) is 4.79 Å². The molecule has 9 heteroatoms. The summed E-state index contributed by atoms with van der Waals surface area (Å²) >= 11 is 0. The molecule has 0 saturated carbocycles. The molecule has 0 atom stereocenters. The van der Waals surface area contributed by atoms with E-state index in [1.54, 1.807) is 44.5 Å². The molecule has 5 rings (SSSR count). The molecule has 4 aromatic rings. The third-order valence-corrected chi connectivity index (χ3v) is 6.88. The molecular weight excluding hydrogens is 470 g/mol. The summed E-state index contributed by atoms with van der Waals surface area (Å²) < 4.78 is 5.38. The number of hydrogen-bond acceptors (Lipinski definition) is 6. The number of pyridine rings is 1. The van der Waals surface area contributed by atoms with Crippen LogP contribution in [0.25, 0.3) is 33.5 Å². The van der Waals surface area contributed by atoms with E-state index in [2.05, 4.69) is 20.3 Å². The molecule has 0 bridgehead atoms. The number of benzene rings is 2. The zero-order valence-electron chi connectivity index (χ0n) is 20.8. The summed E-state index contributed by atoms with van der Waals surface area (Å²) in [5, 5.41) is 13.6. The average Bonchev–Trinajstić information content (AvgIpc) is 3.35. The lowest BCUT2D eigenvalue weighted by atomic mass is 9.96. The predicted molar refractivity (Wildman–Crippen MR) is 140 cm³/mol. The summed E-state index contributed by atoms with van der Waals surface area (Å²) in [6, 6.07) is 14.3. The minimum absolute atomic E-state index is 0.0828. The molecule has 1 saturated heterocycles. The Kier molecular flexibility index (Phi) is 6.76. The van der Waals surface area contributed by atoms with Gasteiger partial charge in [0.05, 0.1) is 23.7 Å². The fraction of sp³-hybridized carbons (Fsp3) is 0.286. The molecule has 1 fully saturated rings. The summed E-state index contributed by atoms with van der Waals surface area (Å²) in [6.45, 7) is 3.64. The second kappa shape index (κ2) is 10.3. The van der Waals surface area contributed by atoms with Crippen molar-refractivity contribution in [3.63, 3.8) is 0 Å². The van der Waals surface area contributed by atoms with Crippen molar-refractivity contribution in [1.29, 1.82) is 0 Å². The monoisotopic (exact) mass is 499 g/mol. The van der Waals surface area contributed by atoms with Gasteiger partial charge in [-0.2, -0.15) is 0 Å². The number of imidazole rings is 1. The van der Waals surface area contributed by atoms with E-state index in [4.69, 9.17) is 4.74 Å². The maximum absolute atomic E-state index is 12.8. The fourth-order valence-electron chi connectivity index (χ4n) is 4.73. The Morgan fingerprint density at radius 1 is 1.14 bits per heavy atom. The number of amides is 2. The standard InChI is InChI=1S/C28H29N5O4/c1-17(34)33-12-9-18(10-13-33)16-30-27(36)20-5-7-23-24(15-20)32-26(31-23)22-14-19(6-8-25(22)35)21-4-3-11-29-28(21)37-2/h3-8,11,14-15,18,35H,9-10,12-13,16H2,1-2H3,(H,30,36)(H,31,32). The van der Waals surface area contributed by atoms with Crippen molar-refractivity contribution in [1.82, 2.24) is 25.2 Å². The lowest BCUT2D eigenvalue weighted by Crippen LogP contribution is -2.40. The normalized spacial score (nSPS) is 14.1. The number of phenols is 1. The van der Waals surface area contributed by atoms with Crippen molar-refractivity contribution in [3.8, 4) is 34.1 Å². The molecule has 190 valence electrons. The Morgan fingerprint density at radius 3 is 2.70 bits per heavy atom. The molecule has 1 aliphatic rings. The summed E-state index contributed by atoms with van der Waals surface area (Å²) in [7, 11) is 1.57. The Labute approximate surface area is 214 Å². The molecule has 0 radical (unpaired) electrons. The highest BCUT2D eigenvalue weighted by Crippen LogP contribution is 2.35. The summed E-state index contributed by atoms with van der Waals surface area (Å²) in [6.07, 6.45) is 3.43. The lowest BCUT2D eigenvalue weighted by Gasteiger charge is -2.31.